The molecule has 7 nitrogen and oxygen atoms in total. The molecule has 1 N–H and O–H groups in total. The maximum Gasteiger partial charge on any atom is 0.323 e. The lowest BCUT2D eigenvalue weighted by Crippen LogP contribution is -2.46. The zero-order valence-electron chi connectivity index (χ0n) is 12.5. The number of non-ortho nitro benzene ring substituents is 1. The molecule has 0 radical (unpaired) electrons. The highest BCUT2D eigenvalue weighted by atomic mass is 19.1. The Bertz CT molecular complexity index is 617. The molecule has 2 heterocycles. The molecule has 1 atom stereocenters. The van der Waals surface area contributed by atoms with Gasteiger partial charge in [-0.3, -0.25) is 19.8 Å². The number of halogens is 1. The molecule has 0 saturated carbocycles. The van der Waals surface area contributed by atoms with Crippen molar-refractivity contribution < 1.29 is 18.8 Å². The fourth-order valence-electron chi connectivity index (χ4n) is 3.13. The maximum absolute atomic E-state index is 13.9. The van der Waals surface area contributed by atoms with E-state index in [1.165, 1.54) is 12.1 Å². The van der Waals surface area contributed by atoms with E-state index in [0.29, 0.717) is 6.61 Å². The predicted octanol–water partition coefficient (Wildman–Crippen LogP) is 1.93. The first-order valence-corrected chi connectivity index (χ1v) is 7.66. The Morgan fingerprint density at radius 3 is 2.61 bits per heavy atom. The second-order valence-electron chi connectivity index (χ2n) is 5.85. The van der Waals surface area contributed by atoms with Gasteiger partial charge in [0.2, 0.25) is 0 Å². The average molecular weight is 323 g/mol. The standard InChI is InChI=1S/C15H18FN3O4/c16-12-9-11(19(21)22)1-2-13(12)17-10-3-6-18(7-4-10)14-5-8-23-15(14)20/h1-2,9-10,14,17H,3-8H2/t14-/m0/s1. The molecule has 1 aromatic rings. The lowest BCUT2D eigenvalue weighted by molar-refractivity contribution is -0.385. The van der Waals surface area contributed by atoms with Crippen LogP contribution in [0.1, 0.15) is 19.3 Å². The Morgan fingerprint density at radius 2 is 2.04 bits per heavy atom. The first-order valence-electron chi connectivity index (χ1n) is 7.66. The predicted molar refractivity (Wildman–Crippen MR) is 80.6 cm³/mol. The number of esters is 1. The first kappa shape index (κ1) is 15.7. The Morgan fingerprint density at radius 1 is 1.30 bits per heavy atom. The molecule has 0 aliphatic carbocycles. The van der Waals surface area contributed by atoms with Crippen LogP contribution in [-0.2, 0) is 9.53 Å². The molecule has 0 amide bonds. The number of carbonyl (C=O) groups is 1. The number of carbonyl (C=O) groups excluding carboxylic acids is 1. The van der Waals surface area contributed by atoms with Gasteiger partial charge in [-0.25, -0.2) is 4.39 Å². The number of nitrogens with zero attached hydrogens (tertiary/aromatic N) is 2. The van der Waals surface area contributed by atoms with E-state index in [2.05, 4.69) is 10.2 Å². The van der Waals surface area contributed by atoms with Crippen molar-refractivity contribution in [1.29, 1.82) is 0 Å². The second kappa shape index (κ2) is 6.49. The maximum atomic E-state index is 13.9. The molecule has 23 heavy (non-hydrogen) atoms. The number of nitro benzene ring substituents is 1. The molecule has 2 saturated heterocycles. The molecule has 124 valence electrons. The van der Waals surface area contributed by atoms with Gasteiger partial charge in [-0.1, -0.05) is 0 Å². The van der Waals surface area contributed by atoms with Gasteiger partial charge in [0.05, 0.1) is 23.3 Å². The van der Waals surface area contributed by atoms with E-state index in [9.17, 15) is 19.3 Å². The minimum Gasteiger partial charge on any atom is -0.464 e. The van der Waals surface area contributed by atoms with E-state index in [1.54, 1.807) is 0 Å². The van der Waals surface area contributed by atoms with Gasteiger partial charge in [0, 0.05) is 31.6 Å². The third-order valence-corrected chi connectivity index (χ3v) is 4.40. The number of nitrogens with one attached hydrogen (secondary N) is 1. The number of anilines is 1. The molecular weight excluding hydrogens is 305 g/mol. The number of benzene rings is 1. The van der Waals surface area contributed by atoms with Crippen LogP contribution in [0.4, 0.5) is 15.8 Å². The highest BCUT2D eigenvalue weighted by Gasteiger charge is 2.34. The summed E-state index contributed by atoms with van der Waals surface area (Å²) in [5.74, 6) is -0.779. The van der Waals surface area contributed by atoms with Crippen molar-refractivity contribution in [3.05, 3.63) is 34.1 Å². The highest BCUT2D eigenvalue weighted by molar-refractivity contribution is 5.77. The van der Waals surface area contributed by atoms with Crippen molar-refractivity contribution >= 4 is 17.3 Å². The van der Waals surface area contributed by atoms with Crippen LogP contribution in [0.15, 0.2) is 18.2 Å². The SMILES string of the molecule is O=C1OCC[C@@H]1N1CCC(Nc2ccc([N+](=O)[O-])cc2F)CC1. The number of piperidine rings is 1. The summed E-state index contributed by atoms with van der Waals surface area (Å²) in [7, 11) is 0. The monoisotopic (exact) mass is 323 g/mol. The van der Waals surface area contributed by atoms with E-state index < -0.39 is 10.7 Å². The number of likely N-dealkylation sites (tertiary alicyclic amines) is 1. The summed E-state index contributed by atoms with van der Waals surface area (Å²) in [6, 6.07) is 3.54. The van der Waals surface area contributed by atoms with Crippen molar-refractivity contribution in [2.45, 2.75) is 31.3 Å². The van der Waals surface area contributed by atoms with E-state index in [1.807, 2.05) is 0 Å². The Hall–Kier alpha value is -2.22. The third-order valence-electron chi connectivity index (χ3n) is 4.40. The minimum atomic E-state index is -0.624. The Kier molecular flexibility index (Phi) is 4.42. The lowest BCUT2D eigenvalue weighted by atomic mass is 10.0. The molecule has 2 aliphatic heterocycles. The molecule has 3 rings (SSSR count). The number of ether oxygens (including phenoxy) is 1. The van der Waals surface area contributed by atoms with E-state index in [4.69, 9.17) is 4.74 Å². The number of cyclic esters (lactones) is 1. The molecule has 8 heteroatoms. The van der Waals surface area contributed by atoms with Gasteiger partial charge in [0.25, 0.3) is 5.69 Å². The van der Waals surface area contributed by atoms with Gasteiger partial charge in [-0.15, -0.1) is 0 Å². The van der Waals surface area contributed by atoms with E-state index in [-0.39, 0.29) is 29.4 Å². The normalized spacial score (nSPS) is 22.8. The topological polar surface area (TPSA) is 84.7 Å². The first-order chi connectivity index (χ1) is 11.0. The van der Waals surface area contributed by atoms with Crippen molar-refractivity contribution in [3.8, 4) is 0 Å². The van der Waals surface area contributed by atoms with Crippen LogP contribution in [0.5, 0.6) is 0 Å². The number of hydrogen-bond donors (Lipinski definition) is 1. The molecule has 0 aromatic heterocycles. The summed E-state index contributed by atoms with van der Waals surface area (Å²) in [4.78, 5) is 23.7. The lowest BCUT2D eigenvalue weighted by Gasteiger charge is -2.34. The van der Waals surface area contributed by atoms with Crippen LogP contribution in [-0.4, -0.2) is 47.6 Å². The van der Waals surface area contributed by atoms with Crippen LogP contribution in [0.25, 0.3) is 0 Å². The van der Waals surface area contributed by atoms with Gasteiger partial charge in [0.15, 0.2) is 5.82 Å². The van der Waals surface area contributed by atoms with E-state index in [0.717, 1.165) is 38.4 Å². The average Bonchev–Trinajstić information content (AvgIpc) is 2.96. The van der Waals surface area contributed by atoms with Crippen LogP contribution < -0.4 is 5.32 Å². The Balaban J connectivity index is 1.56. The largest absolute Gasteiger partial charge is 0.464 e. The molecule has 2 aliphatic rings. The summed E-state index contributed by atoms with van der Waals surface area (Å²) in [6.45, 7) is 1.97. The molecule has 0 bridgehead atoms. The van der Waals surface area contributed by atoms with Crippen molar-refractivity contribution in [3.63, 3.8) is 0 Å². The van der Waals surface area contributed by atoms with Gasteiger partial charge in [-0.2, -0.15) is 0 Å². The van der Waals surface area contributed by atoms with Crippen LogP contribution >= 0.6 is 0 Å². The summed E-state index contributed by atoms with van der Waals surface area (Å²) in [5.41, 5.74) is 0.0111. The van der Waals surface area contributed by atoms with Crippen molar-refractivity contribution in [2.75, 3.05) is 25.0 Å². The van der Waals surface area contributed by atoms with E-state index >= 15 is 0 Å². The zero-order chi connectivity index (χ0) is 16.4. The highest BCUT2D eigenvalue weighted by Crippen LogP contribution is 2.25. The second-order valence-corrected chi connectivity index (χ2v) is 5.85. The molecule has 1 aromatic carbocycles. The van der Waals surface area contributed by atoms with Crippen LogP contribution in [0.2, 0.25) is 0 Å². The fraction of sp³-hybridized carbons (Fsp3) is 0.533. The van der Waals surface area contributed by atoms with Crippen molar-refractivity contribution in [2.24, 2.45) is 0 Å². The minimum absolute atomic E-state index is 0.0830. The Labute approximate surface area is 132 Å². The van der Waals surface area contributed by atoms with Gasteiger partial charge >= 0.3 is 5.97 Å². The smallest absolute Gasteiger partial charge is 0.323 e. The summed E-state index contributed by atoms with van der Waals surface area (Å²) in [5, 5.41) is 13.7. The number of hydrogen-bond acceptors (Lipinski definition) is 6. The van der Waals surface area contributed by atoms with Crippen LogP contribution in [0, 0.1) is 15.9 Å². The summed E-state index contributed by atoms with van der Waals surface area (Å²) < 4.78 is 18.9. The van der Waals surface area contributed by atoms with Gasteiger partial charge in [-0.05, 0) is 18.9 Å². The quantitative estimate of drug-likeness (QED) is 0.518. The molecule has 2 fully saturated rings. The van der Waals surface area contributed by atoms with Gasteiger partial charge in [0.1, 0.15) is 6.04 Å². The molecule has 0 spiro atoms. The molecule has 0 unspecified atom stereocenters. The fourth-order valence-corrected chi connectivity index (χ4v) is 3.13. The number of nitro groups is 1. The summed E-state index contributed by atoms with van der Waals surface area (Å²) >= 11 is 0. The third kappa shape index (κ3) is 3.42. The zero-order valence-corrected chi connectivity index (χ0v) is 12.5. The molecular formula is C15H18FN3O4. The van der Waals surface area contributed by atoms with Crippen molar-refractivity contribution in [1.82, 2.24) is 4.90 Å². The van der Waals surface area contributed by atoms with Gasteiger partial charge < -0.3 is 10.1 Å². The summed E-state index contributed by atoms with van der Waals surface area (Å²) in [6.07, 6.45) is 2.29. The number of rotatable bonds is 4. The van der Waals surface area contributed by atoms with Crippen LogP contribution in [0.3, 0.4) is 0 Å².